The Balaban J connectivity index is 2.09. The fourth-order valence-electron chi connectivity index (χ4n) is 2.77. The first-order chi connectivity index (χ1) is 9.11. The molecule has 106 valence electrons. The van der Waals surface area contributed by atoms with E-state index in [1.165, 1.54) is 24.2 Å². The van der Waals surface area contributed by atoms with Crippen molar-refractivity contribution in [3.05, 3.63) is 24.3 Å². The summed E-state index contributed by atoms with van der Waals surface area (Å²) in [7, 11) is 4.17. The van der Waals surface area contributed by atoms with Crippen LogP contribution in [0.5, 0.6) is 0 Å². The van der Waals surface area contributed by atoms with Gasteiger partial charge in [-0.3, -0.25) is 0 Å². The van der Waals surface area contributed by atoms with E-state index in [0.717, 1.165) is 13.1 Å². The molecular weight excluding hydrogens is 234 g/mol. The lowest BCUT2D eigenvalue weighted by atomic mass is 10.0. The number of hydrogen-bond acceptors (Lipinski definition) is 3. The Kier molecular flexibility index (Phi) is 4.70. The van der Waals surface area contributed by atoms with Crippen LogP contribution in [-0.2, 0) is 0 Å². The first-order valence-corrected chi connectivity index (χ1v) is 7.39. The molecule has 3 heteroatoms. The fourth-order valence-corrected chi connectivity index (χ4v) is 2.77. The van der Waals surface area contributed by atoms with Gasteiger partial charge in [0.25, 0.3) is 0 Å². The van der Waals surface area contributed by atoms with Gasteiger partial charge in [-0.05, 0) is 37.6 Å². The second-order valence-electron chi connectivity index (χ2n) is 5.81. The minimum atomic E-state index is 0.568. The number of rotatable bonds is 4. The first-order valence-electron chi connectivity index (χ1n) is 7.39. The summed E-state index contributed by atoms with van der Waals surface area (Å²) in [5.74, 6) is 0. The molecule has 0 bridgehead atoms. The smallest absolute Gasteiger partial charge is 0.0387 e. The second-order valence-corrected chi connectivity index (χ2v) is 5.81. The number of hydrogen-bond donors (Lipinski definition) is 1. The normalized spacial score (nSPS) is 23.5. The van der Waals surface area contributed by atoms with E-state index in [2.05, 4.69) is 67.3 Å². The summed E-state index contributed by atoms with van der Waals surface area (Å²) < 4.78 is 0. The Morgan fingerprint density at radius 3 is 2.53 bits per heavy atom. The van der Waals surface area contributed by atoms with Gasteiger partial charge in [0.1, 0.15) is 0 Å². The predicted molar refractivity (Wildman–Crippen MR) is 84.3 cm³/mol. The third-order valence-electron chi connectivity index (χ3n) is 3.99. The largest absolute Gasteiger partial charge is 0.378 e. The Morgan fingerprint density at radius 2 is 1.95 bits per heavy atom. The van der Waals surface area contributed by atoms with E-state index in [1.807, 2.05) is 0 Å². The molecule has 1 fully saturated rings. The van der Waals surface area contributed by atoms with E-state index in [0.29, 0.717) is 12.1 Å². The van der Waals surface area contributed by atoms with Crippen molar-refractivity contribution < 1.29 is 0 Å². The molecule has 0 aliphatic carbocycles. The zero-order valence-electron chi connectivity index (χ0n) is 12.7. The Morgan fingerprint density at radius 1 is 1.26 bits per heavy atom. The third-order valence-corrected chi connectivity index (χ3v) is 3.99. The van der Waals surface area contributed by atoms with Gasteiger partial charge in [-0.2, -0.15) is 0 Å². The van der Waals surface area contributed by atoms with E-state index >= 15 is 0 Å². The maximum absolute atomic E-state index is 3.65. The van der Waals surface area contributed by atoms with Gasteiger partial charge < -0.3 is 15.1 Å². The van der Waals surface area contributed by atoms with Crippen LogP contribution in [0.4, 0.5) is 11.4 Å². The maximum Gasteiger partial charge on any atom is 0.0387 e. The summed E-state index contributed by atoms with van der Waals surface area (Å²) in [4.78, 5) is 4.68. The number of piperazine rings is 1. The molecular formula is C16H27N3. The lowest BCUT2D eigenvalue weighted by Crippen LogP contribution is -2.55. The van der Waals surface area contributed by atoms with Gasteiger partial charge in [0.05, 0.1) is 0 Å². The van der Waals surface area contributed by atoms with Crippen molar-refractivity contribution in [3.63, 3.8) is 0 Å². The highest BCUT2D eigenvalue weighted by Gasteiger charge is 2.24. The van der Waals surface area contributed by atoms with Gasteiger partial charge in [0.15, 0.2) is 0 Å². The predicted octanol–water partition coefficient (Wildman–Crippen LogP) is 2.72. The van der Waals surface area contributed by atoms with E-state index in [9.17, 15) is 0 Å². The van der Waals surface area contributed by atoms with Crippen LogP contribution in [0.2, 0.25) is 0 Å². The second kappa shape index (κ2) is 6.29. The topological polar surface area (TPSA) is 18.5 Å². The summed E-state index contributed by atoms with van der Waals surface area (Å²) in [6.45, 7) is 6.77. The van der Waals surface area contributed by atoms with Gasteiger partial charge in [-0.25, -0.2) is 0 Å². The highest BCUT2D eigenvalue weighted by atomic mass is 15.2. The minimum absolute atomic E-state index is 0.568. The Hall–Kier alpha value is -1.22. The summed E-state index contributed by atoms with van der Waals surface area (Å²) in [5, 5.41) is 3.65. The van der Waals surface area contributed by atoms with E-state index in [1.54, 1.807) is 0 Å². The average Bonchev–Trinajstić information content (AvgIpc) is 2.41. The monoisotopic (exact) mass is 261 g/mol. The van der Waals surface area contributed by atoms with Crippen molar-refractivity contribution in [2.24, 2.45) is 0 Å². The van der Waals surface area contributed by atoms with Crippen LogP contribution < -0.4 is 15.1 Å². The molecule has 1 saturated heterocycles. The quantitative estimate of drug-likeness (QED) is 0.899. The van der Waals surface area contributed by atoms with Gasteiger partial charge in [0.2, 0.25) is 0 Å². The number of benzene rings is 1. The number of nitrogens with zero attached hydrogens (tertiary/aromatic N) is 2. The van der Waals surface area contributed by atoms with Crippen molar-refractivity contribution in [1.29, 1.82) is 0 Å². The van der Waals surface area contributed by atoms with Crippen LogP contribution >= 0.6 is 0 Å². The van der Waals surface area contributed by atoms with Crippen LogP contribution in [-0.4, -0.2) is 39.3 Å². The SMILES string of the molecule is CCCC1CN(c2ccc(N(C)C)cc2)C(C)CN1. The molecule has 0 radical (unpaired) electrons. The standard InChI is InChI=1S/C16H27N3/c1-5-6-14-12-19(13(2)11-17-14)16-9-7-15(8-10-16)18(3)4/h7-10,13-14,17H,5-6,11-12H2,1-4H3. The molecule has 1 aromatic carbocycles. The summed E-state index contributed by atoms with van der Waals surface area (Å²) in [6, 6.07) is 10.1. The summed E-state index contributed by atoms with van der Waals surface area (Å²) in [6.07, 6.45) is 2.51. The molecule has 2 rings (SSSR count). The molecule has 2 atom stereocenters. The van der Waals surface area contributed by atoms with Crippen molar-refractivity contribution >= 4 is 11.4 Å². The average molecular weight is 261 g/mol. The minimum Gasteiger partial charge on any atom is -0.378 e. The molecule has 1 aliphatic heterocycles. The number of anilines is 2. The maximum atomic E-state index is 3.65. The van der Waals surface area contributed by atoms with E-state index < -0.39 is 0 Å². The van der Waals surface area contributed by atoms with Crippen LogP contribution in [0, 0.1) is 0 Å². The molecule has 0 amide bonds. The summed E-state index contributed by atoms with van der Waals surface area (Å²) >= 11 is 0. The molecule has 2 unspecified atom stereocenters. The van der Waals surface area contributed by atoms with Crippen molar-refractivity contribution in [1.82, 2.24) is 5.32 Å². The number of nitrogens with one attached hydrogen (secondary N) is 1. The molecule has 1 aromatic rings. The van der Waals surface area contributed by atoms with Crippen LogP contribution in [0.15, 0.2) is 24.3 Å². The molecule has 0 saturated carbocycles. The first kappa shape index (κ1) is 14.2. The van der Waals surface area contributed by atoms with Crippen LogP contribution in [0.1, 0.15) is 26.7 Å². The lowest BCUT2D eigenvalue weighted by Gasteiger charge is -2.40. The Bertz CT molecular complexity index is 385. The molecule has 1 N–H and O–H groups in total. The fraction of sp³-hybridized carbons (Fsp3) is 0.625. The zero-order chi connectivity index (χ0) is 13.8. The zero-order valence-corrected chi connectivity index (χ0v) is 12.7. The van der Waals surface area contributed by atoms with Crippen LogP contribution in [0.25, 0.3) is 0 Å². The van der Waals surface area contributed by atoms with Gasteiger partial charge in [-0.1, -0.05) is 13.3 Å². The molecule has 0 spiro atoms. The molecule has 1 heterocycles. The van der Waals surface area contributed by atoms with Gasteiger partial charge >= 0.3 is 0 Å². The molecule has 19 heavy (non-hydrogen) atoms. The highest BCUT2D eigenvalue weighted by Crippen LogP contribution is 2.23. The van der Waals surface area contributed by atoms with E-state index in [4.69, 9.17) is 0 Å². The van der Waals surface area contributed by atoms with Gasteiger partial charge in [0, 0.05) is 50.6 Å². The van der Waals surface area contributed by atoms with Crippen molar-refractivity contribution in [3.8, 4) is 0 Å². The van der Waals surface area contributed by atoms with Gasteiger partial charge in [-0.15, -0.1) is 0 Å². The highest BCUT2D eigenvalue weighted by molar-refractivity contribution is 5.56. The molecule has 0 aromatic heterocycles. The summed E-state index contributed by atoms with van der Waals surface area (Å²) in [5.41, 5.74) is 2.61. The lowest BCUT2D eigenvalue weighted by molar-refractivity contribution is 0.386. The van der Waals surface area contributed by atoms with E-state index in [-0.39, 0.29) is 0 Å². The van der Waals surface area contributed by atoms with Crippen molar-refractivity contribution in [2.75, 3.05) is 37.0 Å². The van der Waals surface area contributed by atoms with Crippen molar-refractivity contribution in [2.45, 2.75) is 38.8 Å². The molecule has 3 nitrogen and oxygen atoms in total. The Labute approximate surface area is 117 Å². The third kappa shape index (κ3) is 3.41. The molecule has 1 aliphatic rings. The van der Waals surface area contributed by atoms with Crippen LogP contribution in [0.3, 0.4) is 0 Å².